The van der Waals surface area contributed by atoms with E-state index >= 15 is 0 Å². The highest BCUT2D eigenvalue weighted by atomic mass is 35.5. The lowest BCUT2D eigenvalue weighted by atomic mass is 10.1. The number of methoxy groups -OCH3 is 1. The minimum atomic E-state index is -0.114. The quantitative estimate of drug-likeness (QED) is 0.850. The van der Waals surface area contributed by atoms with Crippen LogP contribution >= 0.6 is 11.6 Å². The molecule has 2 aromatic rings. The second kappa shape index (κ2) is 7.14. The Kier molecular flexibility index (Phi) is 5.23. The van der Waals surface area contributed by atoms with Crippen LogP contribution in [0.1, 0.15) is 34.5 Å². The average Bonchev–Trinajstić information content (AvgIpc) is 2.54. The molecule has 0 spiro atoms. The van der Waals surface area contributed by atoms with Crippen LogP contribution < -0.4 is 10.1 Å². The number of nitrogens with one attached hydrogen (secondary N) is 1. The Morgan fingerprint density at radius 2 is 2.00 bits per heavy atom. The minimum absolute atomic E-state index is 0.104. The van der Waals surface area contributed by atoms with Gasteiger partial charge in [0.15, 0.2) is 0 Å². The first-order valence-corrected chi connectivity index (χ1v) is 7.27. The Morgan fingerprint density at radius 1 is 1.24 bits per heavy atom. The highest BCUT2D eigenvalue weighted by molar-refractivity contribution is 6.17. The predicted octanol–water partition coefficient (Wildman–Crippen LogP) is 3.93. The van der Waals surface area contributed by atoms with Crippen LogP contribution in [0.3, 0.4) is 0 Å². The van der Waals surface area contributed by atoms with E-state index in [0.717, 1.165) is 16.9 Å². The van der Waals surface area contributed by atoms with E-state index in [4.69, 9.17) is 16.3 Å². The molecule has 2 aromatic carbocycles. The summed E-state index contributed by atoms with van der Waals surface area (Å²) in [4.78, 5) is 12.3. The van der Waals surface area contributed by atoms with E-state index in [0.29, 0.717) is 11.4 Å². The molecule has 0 heterocycles. The molecule has 0 saturated heterocycles. The smallest absolute Gasteiger partial charge is 0.251 e. The van der Waals surface area contributed by atoms with E-state index in [-0.39, 0.29) is 11.9 Å². The number of alkyl halides is 1. The normalized spacial score (nSPS) is 11.8. The number of benzene rings is 2. The molecule has 0 aromatic heterocycles. The number of carbonyl (C=O) groups is 1. The van der Waals surface area contributed by atoms with E-state index in [1.165, 1.54) is 0 Å². The van der Waals surface area contributed by atoms with Gasteiger partial charge in [0.25, 0.3) is 5.91 Å². The number of carbonyl (C=O) groups excluding carboxylic acids is 1. The predicted molar refractivity (Wildman–Crippen MR) is 84.9 cm³/mol. The number of hydrogen-bond acceptors (Lipinski definition) is 2. The Labute approximate surface area is 129 Å². The second-order valence-corrected chi connectivity index (χ2v) is 5.07. The molecule has 0 radical (unpaired) electrons. The first-order chi connectivity index (χ1) is 10.1. The Hall–Kier alpha value is -2.00. The van der Waals surface area contributed by atoms with E-state index < -0.39 is 0 Å². The second-order valence-electron chi connectivity index (χ2n) is 4.81. The van der Waals surface area contributed by atoms with Crippen molar-refractivity contribution in [3.8, 4) is 5.75 Å². The fourth-order valence-corrected chi connectivity index (χ4v) is 2.24. The highest BCUT2D eigenvalue weighted by Gasteiger charge is 2.12. The number of hydrogen-bond donors (Lipinski definition) is 1. The molecule has 1 atom stereocenters. The molecule has 21 heavy (non-hydrogen) atoms. The molecular formula is C17H18ClNO2. The van der Waals surface area contributed by atoms with Crippen LogP contribution in [0.25, 0.3) is 0 Å². The zero-order valence-electron chi connectivity index (χ0n) is 12.1. The van der Waals surface area contributed by atoms with Crippen molar-refractivity contribution in [2.45, 2.75) is 18.8 Å². The number of amides is 1. The average molecular weight is 304 g/mol. The van der Waals surface area contributed by atoms with Crippen LogP contribution in [-0.4, -0.2) is 13.0 Å². The summed E-state index contributed by atoms with van der Waals surface area (Å²) in [6.07, 6.45) is 0. The fourth-order valence-electron chi connectivity index (χ4n) is 2.07. The van der Waals surface area contributed by atoms with Gasteiger partial charge in [-0.05, 0) is 42.3 Å². The standard InChI is InChI=1S/C17H18ClNO2/c1-12(14-6-4-8-16(10-14)21-2)19-17(20)15-7-3-5-13(9-15)11-18/h3-10,12H,11H2,1-2H3,(H,19,20). The van der Waals surface area contributed by atoms with Crippen LogP contribution in [-0.2, 0) is 5.88 Å². The summed E-state index contributed by atoms with van der Waals surface area (Å²) in [7, 11) is 1.63. The molecular weight excluding hydrogens is 286 g/mol. The Balaban J connectivity index is 2.10. The molecule has 1 unspecified atom stereocenters. The van der Waals surface area contributed by atoms with Gasteiger partial charge in [-0.15, -0.1) is 11.6 Å². The van der Waals surface area contributed by atoms with Gasteiger partial charge in [-0.1, -0.05) is 24.3 Å². The molecule has 0 aliphatic heterocycles. The van der Waals surface area contributed by atoms with Gasteiger partial charge >= 0.3 is 0 Å². The largest absolute Gasteiger partial charge is 0.497 e. The van der Waals surface area contributed by atoms with E-state index in [2.05, 4.69) is 5.32 Å². The van der Waals surface area contributed by atoms with Crippen molar-refractivity contribution in [1.82, 2.24) is 5.32 Å². The van der Waals surface area contributed by atoms with Gasteiger partial charge in [0.1, 0.15) is 5.75 Å². The number of rotatable bonds is 5. The zero-order valence-corrected chi connectivity index (χ0v) is 12.9. The van der Waals surface area contributed by atoms with Gasteiger partial charge < -0.3 is 10.1 Å². The third-order valence-electron chi connectivity index (χ3n) is 3.28. The van der Waals surface area contributed by atoms with Crippen molar-refractivity contribution in [2.24, 2.45) is 0 Å². The molecule has 0 fully saturated rings. The lowest BCUT2D eigenvalue weighted by molar-refractivity contribution is 0.0939. The topological polar surface area (TPSA) is 38.3 Å². The van der Waals surface area contributed by atoms with Gasteiger partial charge in [0, 0.05) is 11.4 Å². The maximum atomic E-state index is 12.3. The Bertz CT molecular complexity index is 628. The van der Waals surface area contributed by atoms with Crippen LogP contribution in [0, 0.1) is 0 Å². The van der Waals surface area contributed by atoms with Gasteiger partial charge in [0.2, 0.25) is 0 Å². The van der Waals surface area contributed by atoms with Crippen molar-refractivity contribution < 1.29 is 9.53 Å². The molecule has 0 saturated carbocycles. The summed E-state index contributed by atoms with van der Waals surface area (Å²) in [6.45, 7) is 1.94. The third kappa shape index (κ3) is 3.99. The maximum Gasteiger partial charge on any atom is 0.251 e. The lowest BCUT2D eigenvalue weighted by Crippen LogP contribution is -2.26. The van der Waals surface area contributed by atoms with Gasteiger partial charge in [0.05, 0.1) is 13.2 Å². The lowest BCUT2D eigenvalue weighted by Gasteiger charge is -2.15. The molecule has 1 amide bonds. The number of ether oxygens (including phenoxy) is 1. The summed E-state index contributed by atoms with van der Waals surface area (Å²) in [5, 5.41) is 2.98. The summed E-state index contributed by atoms with van der Waals surface area (Å²) in [5.41, 5.74) is 2.54. The van der Waals surface area contributed by atoms with Gasteiger partial charge in [-0.3, -0.25) is 4.79 Å². The van der Waals surface area contributed by atoms with Crippen LogP contribution in [0.2, 0.25) is 0 Å². The van der Waals surface area contributed by atoms with Gasteiger partial charge in [-0.25, -0.2) is 0 Å². The number of halogens is 1. The molecule has 3 nitrogen and oxygen atoms in total. The minimum Gasteiger partial charge on any atom is -0.497 e. The van der Waals surface area contributed by atoms with E-state index in [1.807, 2.05) is 43.3 Å². The maximum absolute atomic E-state index is 12.3. The molecule has 1 N–H and O–H groups in total. The zero-order chi connectivity index (χ0) is 15.2. The molecule has 0 bridgehead atoms. The highest BCUT2D eigenvalue weighted by Crippen LogP contribution is 2.19. The molecule has 0 aliphatic rings. The van der Waals surface area contributed by atoms with Crippen molar-refractivity contribution in [1.29, 1.82) is 0 Å². The Morgan fingerprint density at radius 3 is 2.71 bits per heavy atom. The van der Waals surface area contributed by atoms with Crippen LogP contribution in [0.5, 0.6) is 5.75 Å². The molecule has 2 rings (SSSR count). The molecule has 0 aliphatic carbocycles. The monoisotopic (exact) mass is 303 g/mol. The van der Waals surface area contributed by atoms with E-state index in [9.17, 15) is 4.79 Å². The molecule has 110 valence electrons. The molecule has 4 heteroatoms. The summed E-state index contributed by atoms with van der Waals surface area (Å²) in [5.74, 6) is 1.06. The van der Waals surface area contributed by atoms with Crippen molar-refractivity contribution in [2.75, 3.05) is 7.11 Å². The first kappa shape index (κ1) is 15.4. The van der Waals surface area contributed by atoms with Gasteiger partial charge in [-0.2, -0.15) is 0 Å². The van der Waals surface area contributed by atoms with Crippen molar-refractivity contribution in [3.05, 3.63) is 65.2 Å². The third-order valence-corrected chi connectivity index (χ3v) is 3.59. The van der Waals surface area contributed by atoms with E-state index in [1.54, 1.807) is 19.2 Å². The summed E-state index contributed by atoms with van der Waals surface area (Å²) >= 11 is 5.79. The first-order valence-electron chi connectivity index (χ1n) is 6.73. The SMILES string of the molecule is COc1cccc(C(C)NC(=O)c2cccc(CCl)c2)c1. The van der Waals surface area contributed by atoms with Crippen LogP contribution in [0.4, 0.5) is 0 Å². The van der Waals surface area contributed by atoms with Crippen molar-refractivity contribution >= 4 is 17.5 Å². The fraction of sp³-hybridized carbons (Fsp3) is 0.235. The summed E-state index contributed by atoms with van der Waals surface area (Å²) < 4.78 is 5.20. The van der Waals surface area contributed by atoms with Crippen molar-refractivity contribution in [3.63, 3.8) is 0 Å². The summed E-state index contributed by atoms with van der Waals surface area (Å²) in [6, 6.07) is 14.9. The van der Waals surface area contributed by atoms with Crippen LogP contribution in [0.15, 0.2) is 48.5 Å².